The van der Waals surface area contributed by atoms with Crippen LogP contribution in [-0.2, 0) is 9.84 Å². The van der Waals surface area contributed by atoms with Crippen LogP contribution < -0.4 is 11.1 Å². The Hall–Kier alpha value is -0.820. The second-order valence-electron chi connectivity index (χ2n) is 3.41. The summed E-state index contributed by atoms with van der Waals surface area (Å²) in [5, 5.41) is 2.84. The first-order chi connectivity index (χ1) is 7.29. The van der Waals surface area contributed by atoms with E-state index < -0.39 is 15.7 Å². The first kappa shape index (κ1) is 13.2. The molecule has 7 heteroatoms. The summed E-state index contributed by atoms with van der Waals surface area (Å²) in [6, 6.07) is 2.65. The summed E-state index contributed by atoms with van der Waals surface area (Å²) in [6.45, 7) is 0.237. The van der Waals surface area contributed by atoms with Gasteiger partial charge in [-0.15, -0.1) is 0 Å². The van der Waals surface area contributed by atoms with Crippen molar-refractivity contribution < 1.29 is 12.8 Å². The summed E-state index contributed by atoms with van der Waals surface area (Å²) in [4.78, 5) is 0. The van der Waals surface area contributed by atoms with Crippen LogP contribution in [0, 0.1) is 5.82 Å². The van der Waals surface area contributed by atoms with Crippen LogP contribution in [0.25, 0.3) is 0 Å². The minimum Gasteiger partial charge on any atom is -0.397 e. The third-order valence-electron chi connectivity index (χ3n) is 1.88. The van der Waals surface area contributed by atoms with E-state index in [2.05, 4.69) is 21.2 Å². The molecule has 0 spiro atoms. The minimum atomic E-state index is -3.01. The molecule has 0 heterocycles. The van der Waals surface area contributed by atoms with Crippen molar-refractivity contribution in [1.82, 2.24) is 0 Å². The molecule has 0 saturated heterocycles. The third-order valence-corrected chi connectivity index (χ3v) is 3.43. The molecular formula is C9H12BrFN2O2S. The van der Waals surface area contributed by atoms with E-state index in [-0.39, 0.29) is 22.5 Å². The van der Waals surface area contributed by atoms with E-state index in [1.807, 2.05) is 0 Å². The number of sulfone groups is 1. The van der Waals surface area contributed by atoms with Gasteiger partial charge in [0.15, 0.2) is 0 Å². The van der Waals surface area contributed by atoms with Gasteiger partial charge in [0.05, 0.1) is 21.6 Å². The molecular weight excluding hydrogens is 299 g/mol. The first-order valence-corrected chi connectivity index (χ1v) is 7.31. The van der Waals surface area contributed by atoms with Crippen LogP contribution in [0.4, 0.5) is 15.8 Å². The smallest absolute Gasteiger partial charge is 0.149 e. The highest BCUT2D eigenvalue weighted by molar-refractivity contribution is 9.10. The van der Waals surface area contributed by atoms with Crippen LogP contribution in [0.15, 0.2) is 16.6 Å². The largest absolute Gasteiger partial charge is 0.397 e. The number of nitrogen functional groups attached to an aromatic ring is 1. The topological polar surface area (TPSA) is 72.2 Å². The zero-order valence-electron chi connectivity index (χ0n) is 8.63. The van der Waals surface area contributed by atoms with Crippen LogP contribution in [-0.4, -0.2) is 27.0 Å². The van der Waals surface area contributed by atoms with Crippen LogP contribution in [0.1, 0.15) is 0 Å². The zero-order valence-corrected chi connectivity index (χ0v) is 11.0. The lowest BCUT2D eigenvalue weighted by Crippen LogP contribution is -2.15. The number of hydrogen-bond donors (Lipinski definition) is 2. The monoisotopic (exact) mass is 310 g/mol. The Bertz CT molecular complexity index is 491. The number of halogens is 2. The quantitative estimate of drug-likeness (QED) is 0.829. The zero-order chi connectivity index (χ0) is 12.3. The Kier molecular flexibility index (Phi) is 4.15. The maximum absolute atomic E-state index is 13.0. The molecule has 1 aromatic carbocycles. The van der Waals surface area contributed by atoms with Crippen molar-refractivity contribution in [1.29, 1.82) is 0 Å². The van der Waals surface area contributed by atoms with Crippen molar-refractivity contribution in [2.75, 3.05) is 29.6 Å². The van der Waals surface area contributed by atoms with Gasteiger partial charge in [0.1, 0.15) is 15.7 Å². The van der Waals surface area contributed by atoms with Crippen LogP contribution in [0.2, 0.25) is 0 Å². The van der Waals surface area contributed by atoms with E-state index in [4.69, 9.17) is 5.73 Å². The molecule has 16 heavy (non-hydrogen) atoms. The summed E-state index contributed by atoms with van der Waals surface area (Å²) in [7, 11) is -3.01. The average molecular weight is 311 g/mol. The molecule has 0 aromatic heterocycles. The van der Waals surface area contributed by atoms with Crippen LogP contribution in [0.3, 0.4) is 0 Å². The molecule has 0 bridgehead atoms. The number of nitrogens with two attached hydrogens (primary N) is 1. The maximum Gasteiger partial charge on any atom is 0.149 e. The molecule has 0 atom stereocenters. The summed E-state index contributed by atoms with van der Waals surface area (Å²) < 4.78 is 35.1. The fraction of sp³-hybridized carbons (Fsp3) is 0.333. The van der Waals surface area contributed by atoms with Gasteiger partial charge < -0.3 is 11.1 Å². The molecule has 0 aliphatic heterocycles. The lowest BCUT2D eigenvalue weighted by atomic mass is 10.2. The first-order valence-electron chi connectivity index (χ1n) is 4.46. The third kappa shape index (κ3) is 3.97. The molecule has 0 unspecified atom stereocenters. The van der Waals surface area contributed by atoms with Crippen molar-refractivity contribution >= 4 is 37.1 Å². The number of hydrogen-bond acceptors (Lipinski definition) is 4. The normalized spacial score (nSPS) is 11.4. The fourth-order valence-corrected chi connectivity index (χ4v) is 1.90. The SMILES string of the molecule is CS(=O)(=O)CCNc1cc(Br)c(F)cc1N. The van der Waals surface area contributed by atoms with Gasteiger partial charge in [-0.1, -0.05) is 0 Å². The Morgan fingerprint density at radius 1 is 1.50 bits per heavy atom. The highest BCUT2D eigenvalue weighted by Crippen LogP contribution is 2.26. The van der Waals surface area contributed by atoms with Crippen molar-refractivity contribution in [3.05, 3.63) is 22.4 Å². The summed E-state index contributed by atoms with van der Waals surface area (Å²) in [5.74, 6) is -0.451. The van der Waals surface area contributed by atoms with Gasteiger partial charge in [0.25, 0.3) is 0 Å². The molecule has 0 amide bonds. The second-order valence-corrected chi connectivity index (χ2v) is 6.52. The lowest BCUT2D eigenvalue weighted by molar-refractivity contribution is 0.602. The predicted molar refractivity (Wildman–Crippen MR) is 66.7 cm³/mol. The van der Waals surface area contributed by atoms with E-state index in [1.165, 1.54) is 12.1 Å². The number of rotatable bonds is 4. The van der Waals surface area contributed by atoms with E-state index in [0.717, 1.165) is 6.26 Å². The molecule has 0 radical (unpaired) electrons. The molecule has 1 aromatic rings. The average Bonchev–Trinajstić information content (AvgIpc) is 2.11. The Morgan fingerprint density at radius 3 is 2.69 bits per heavy atom. The van der Waals surface area contributed by atoms with E-state index >= 15 is 0 Å². The Balaban J connectivity index is 2.71. The van der Waals surface area contributed by atoms with Gasteiger partial charge in [-0.25, -0.2) is 12.8 Å². The van der Waals surface area contributed by atoms with E-state index in [1.54, 1.807) is 0 Å². The number of anilines is 2. The highest BCUT2D eigenvalue weighted by Gasteiger charge is 2.07. The van der Waals surface area contributed by atoms with E-state index in [9.17, 15) is 12.8 Å². The maximum atomic E-state index is 13.0. The van der Waals surface area contributed by atoms with E-state index in [0.29, 0.717) is 5.69 Å². The number of benzene rings is 1. The lowest BCUT2D eigenvalue weighted by Gasteiger charge is -2.09. The molecule has 4 nitrogen and oxygen atoms in total. The van der Waals surface area contributed by atoms with Crippen LogP contribution >= 0.6 is 15.9 Å². The summed E-state index contributed by atoms with van der Waals surface area (Å²) in [5.41, 5.74) is 6.32. The molecule has 0 fully saturated rings. The van der Waals surface area contributed by atoms with Gasteiger partial charge >= 0.3 is 0 Å². The highest BCUT2D eigenvalue weighted by atomic mass is 79.9. The fourth-order valence-electron chi connectivity index (χ4n) is 1.09. The molecule has 0 saturated carbocycles. The molecule has 90 valence electrons. The van der Waals surface area contributed by atoms with Crippen molar-refractivity contribution in [3.63, 3.8) is 0 Å². The molecule has 0 aliphatic carbocycles. The minimum absolute atomic E-state index is 0.00142. The number of nitrogens with one attached hydrogen (secondary N) is 1. The molecule has 1 rings (SSSR count). The van der Waals surface area contributed by atoms with Gasteiger partial charge in [-0.2, -0.15) is 0 Å². The summed E-state index contributed by atoms with van der Waals surface area (Å²) >= 11 is 3.02. The van der Waals surface area contributed by atoms with Gasteiger partial charge in [0, 0.05) is 18.9 Å². The second kappa shape index (κ2) is 5.01. The van der Waals surface area contributed by atoms with Gasteiger partial charge in [-0.3, -0.25) is 0 Å². The molecule has 0 aliphatic rings. The van der Waals surface area contributed by atoms with Crippen molar-refractivity contribution in [3.8, 4) is 0 Å². The van der Waals surface area contributed by atoms with Gasteiger partial charge in [0.2, 0.25) is 0 Å². The Labute approximate surface area is 102 Å². The standard InChI is InChI=1S/C9H12BrFN2O2S/c1-16(14,15)3-2-13-9-4-6(10)7(11)5-8(9)12/h4-5,13H,2-3,12H2,1H3. The van der Waals surface area contributed by atoms with Crippen molar-refractivity contribution in [2.24, 2.45) is 0 Å². The summed E-state index contributed by atoms with van der Waals surface area (Å²) in [6.07, 6.45) is 1.15. The van der Waals surface area contributed by atoms with Crippen molar-refractivity contribution in [2.45, 2.75) is 0 Å². The predicted octanol–water partition coefficient (Wildman–Crippen LogP) is 1.63. The van der Waals surface area contributed by atoms with Gasteiger partial charge in [-0.05, 0) is 22.0 Å². The van der Waals surface area contributed by atoms with Crippen LogP contribution in [0.5, 0.6) is 0 Å². The molecule has 3 N–H and O–H groups in total. The Morgan fingerprint density at radius 2 is 2.12 bits per heavy atom.